The highest BCUT2D eigenvalue weighted by Gasteiger charge is 2.32. The summed E-state index contributed by atoms with van der Waals surface area (Å²) < 4.78 is 11.4. The van der Waals surface area contributed by atoms with Crippen molar-refractivity contribution in [2.75, 3.05) is 5.88 Å². The number of alkyl halides is 1. The summed E-state index contributed by atoms with van der Waals surface area (Å²) >= 11 is 5.83. The van der Waals surface area contributed by atoms with Crippen molar-refractivity contribution in [1.29, 1.82) is 0 Å². The SMILES string of the molecule is CC1=CC(OC(CCl)OC(C)C)CC1(C)C. The summed E-state index contributed by atoms with van der Waals surface area (Å²) in [4.78, 5) is 0. The Kier molecular flexibility index (Phi) is 4.84. The summed E-state index contributed by atoms with van der Waals surface area (Å²) in [6.45, 7) is 10.6. The minimum Gasteiger partial charge on any atom is -0.349 e. The van der Waals surface area contributed by atoms with Gasteiger partial charge in [-0.25, -0.2) is 0 Å². The number of halogens is 1. The highest BCUT2D eigenvalue weighted by Crippen LogP contribution is 2.39. The highest BCUT2D eigenvalue weighted by molar-refractivity contribution is 6.18. The van der Waals surface area contributed by atoms with Gasteiger partial charge in [-0.2, -0.15) is 0 Å². The van der Waals surface area contributed by atoms with Crippen molar-refractivity contribution >= 4 is 11.6 Å². The predicted molar refractivity (Wildman–Crippen MR) is 67.8 cm³/mol. The summed E-state index contributed by atoms with van der Waals surface area (Å²) in [7, 11) is 0. The third-order valence-electron chi connectivity index (χ3n) is 3.09. The average Bonchev–Trinajstić information content (AvgIpc) is 2.38. The Morgan fingerprint density at radius 1 is 1.50 bits per heavy atom. The van der Waals surface area contributed by atoms with E-state index in [1.54, 1.807) is 0 Å². The number of allylic oxidation sites excluding steroid dienone is 1. The molecule has 0 aromatic carbocycles. The van der Waals surface area contributed by atoms with E-state index in [0.717, 1.165) is 6.42 Å². The lowest BCUT2D eigenvalue weighted by atomic mass is 9.87. The predicted octanol–water partition coefficient (Wildman–Crippen LogP) is 3.74. The fraction of sp³-hybridized carbons (Fsp3) is 0.846. The maximum atomic E-state index is 5.85. The molecule has 0 aromatic heterocycles. The molecule has 0 amide bonds. The first-order chi connectivity index (χ1) is 7.35. The molecule has 0 N–H and O–H groups in total. The van der Waals surface area contributed by atoms with Crippen LogP contribution in [0, 0.1) is 5.41 Å². The van der Waals surface area contributed by atoms with E-state index in [9.17, 15) is 0 Å². The fourth-order valence-electron chi connectivity index (χ4n) is 1.92. The van der Waals surface area contributed by atoms with E-state index in [4.69, 9.17) is 21.1 Å². The largest absolute Gasteiger partial charge is 0.349 e. The Labute approximate surface area is 104 Å². The van der Waals surface area contributed by atoms with Gasteiger partial charge in [0.15, 0.2) is 6.29 Å². The monoisotopic (exact) mass is 246 g/mol. The van der Waals surface area contributed by atoms with Gasteiger partial charge >= 0.3 is 0 Å². The van der Waals surface area contributed by atoms with Crippen LogP contribution in [0.2, 0.25) is 0 Å². The summed E-state index contributed by atoms with van der Waals surface area (Å²) in [5.74, 6) is 0.377. The van der Waals surface area contributed by atoms with Crippen LogP contribution in [0.4, 0.5) is 0 Å². The topological polar surface area (TPSA) is 18.5 Å². The number of hydrogen-bond acceptors (Lipinski definition) is 2. The zero-order chi connectivity index (χ0) is 12.3. The molecule has 1 aliphatic rings. The average molecular weight is 247 g/mol. The summed E-state index contributed by atoms with van der Waals surface area (Å²) in [6.07, 6.45) is 3.17. The fourth-order valence-corrected chi connectivity index (χ4v) is 2.06. The molecule has 16 heavy (non-hydrogen) atoms. The van der Waals surface area contributed by atoms with Gasteiger partial charge in [-0.1, -0.05) is 25.5 Å². The minimum absolute atomic E-state index is 0.137. The second-order valence-corrected chi connectivity index (χ2v) is 5.69. The number of hydrogen-bond donors (Lipinski definition) is 0. The second-order valence-electron chi connectivity index (χ2n) is 5.38. The molecule has 2 unspecified atom stereocenters. The molecule has 2 atom stereocenters. The highest BCUT2D eigenvalue weighted by atomic mass is 35.5. The second kappa shape index (κ2) is 5.52. The van der Waals surface area contributed by atoms with E-state index in [0.29, 0.717) is 5.88 Å². The number of ether oxygens (including phenoxy) is 2. The van der Waals surface area contributed by atoms with E-state index in [2.05, 4.69) is 26.8 Å². The van der Waals surface area contributed by atoms with Crippen molar-refractivity contribution in [3.63, 3.8) is 0 Å². The zero-order valence-corrected chi connectivity index (χ0v) is 11.7. The minimum atomic E-state index is -0.301. The first-order valence-electron chi connectivity index (χ1n) is 5.91. The van der Waals surface area contributed by atoms with Crippen molar-refractivity contribution in [2.45, 2.75) is 59.5 Å². The molecule has 0 radical (unpaired) electrons. The molecular weight excluding hydrogens is 224 g/mol. The normalized spacial score (nSPS) is 25.9. The molecule has 0 saturated heterocycles. The molecule has 94 valence electrons. The van der Waals surface area contributed by atoms with Gasteiger partial charge in [-0.15, -0.1) is 11.6 Å². The lowest BCUT2D eigenvalue weighted by Crippen LogP contribution is -2.28. The summed E-state index contributed by atoms with van der Waals surface area (Å²) in [5.41, 5.74) is 1.62. The molecule has 0 aliphatic heterocycles. The van der Waals surface area contributed by atoms with Crippen LogP contribution in [-0.4, -0.2) is 24.4 Å². The summed E-state index contributed by atoms with van der Waals surface area (Å²) in [6, 6.07) is 0. The van der Waals surface area contributed by atoms with Crippen molar-refractivity contribution < 1.29 is 9.47 Å². The van der Waals surface area contributed by atoms with Crippen LogP contribution >= 0.6 is 11.6 Å². The first-order valence-corrected chi connectivity index (χ1v) is 6.44. The third-order valence-corrected chi connectivity index (χ3v) is 3.34. The van der Waals surface area contributed by atoms with Crippen molar-refractivity contribution in [2.24, 2.45) is 5.41 Å². The maximum absolute atomic E-state index is 5.85. The van der Waals surface area contributed by atoms with Crippen molar-refractivity contribution in [3.8, 4) is 0 Å². The van der Waals surface area contributed by atoms with Crippen LogP contribution in [0.15, 0.2) is 11.6 Å². The van der Waals surface area contributed by atoms with E-state index in [1.807, 2.05) is 13.8 Å². The quantitative estimate of drug-likeness (QED) is 0.418. The summed E-state index contributed by atoms with van der Waals surface area (Å²) in [5, 5.41) is 0. The molecule has 0 aromatic rings. The molecule has 0 spiro atoms. The first kappa shape index (κ1) is 14.0. The molecule has 0 heterocycles. The van der Waals surface area contributed by atoms with Crippen LogP contribution < -0.4 is 0 Å². The zero-order valence-electron chi connectivity index (χ0n) is 10.9. The molecule has 0 fully saturated rings. The smallest absolute Gasteiger partial charge is 0.172 e. The van der Waals surface area contributed by atoms with Crippen molar-refractivity contribution in [3.05, 3.63) is 11.6 Å². The molecule has 0 bridgehead atoms. The van der Waals surface area contributed by atoms with Crippen molar-refractivity contribution in [1.82, 2.24) is 0 Å². The Balaban J connectivity index is 2.49. The van der Waals surface area contributed by atoms with Crippen LogP contribution in [0.25, 0.3) is 0 Å². The molecule has 1 aliphatic carbocycles. The van der Waals surface area contributed by atoms with Gasteiger partial charge in [0.2, 0.25) is 0 Å². The van der Waals surface area contributed by atoms with Crippen LogP contribution in [0.5, 0.6) is 0 Å². The van der Waals surface area contributed by atoms with Gasteiger partial charge in [-0.3, -0.25) is 0 Å². The van der Waals surface area contributed by atoms with E-state index in [-0.39, 0.29) is 23.9 Å². The molecule has 2 nitrogen and oxygen atoms in total. The molecule has 1 rings (SSSR count). The van der Waals surface area contributed by atoms with Gasteiger partial charge in [0.05, 0.1) is 18.1 Å². The Hall–Kier alpha value is -0.0500. The lowest BCUT2D eigenvalue weighted by Gasteiger charge is -2.24. The Morgan fingerprint density at radius 2 is 2.12 bits per heavy atom. The lowest BCUT2D eigenvalue weighted by molar-refractivity contribution is -0.167. The molecule has 3 heteroatoms. The van der Waals surface area contributed by atoms with E-state index < -0.39 is 0 Å². The standard InChI is InChI=1S/C13H23ClO2/c1-9(2)15-12(8-14)16-11-6-10(3)13(4,5)7-11/h6,9,11-12H,7-8H2,1-5H3. The van der Waals surface area contributed by atoms with E-state index in [1.165, 1.54) is 5.57 Å². The molecular formula is C13H23ClO2. The van der Waals surface area contributed by atoms with Gasteiger partial charge in [0, 0.05) is 0 Å². The van der Waals surface area contributed by atoms with E-state index >= 15 is 0 Å². The van der Waals surface area contributed by atoms with Gasteiger partial charge in [-0.05, 0) is 32.6 Å². The van der Waals surface area contributed by atoms with Crippen LogP contribution in [0.3, 0.4) is 0 Å². The number of rotatable bonds is 5. The van der Waals surface area contributed by atoms with Crippen LogP contribution in [0.1, 0.15) is 41.0 Å². The van der Waals surface area contributed by atoms with Gasteiger partial charge in [0.1, 0.15) is 0 Å². The third kappa shape index (κ3) is 3.76. The van der Waals surface area contributed by atoms with Gasteiger partial charge in [0.25, 0.3) is 0 Å². The molecule has 0 saturated carbocycles. The van der Waals surface area contributed by atoms with Gasteiger partial charge < -0.3 is 9.47 Å². The Bertz CT molecular complexity index is 259. The maximum Gasteiger partial charge on any atom is 0.172 e. The Morgan fingerprint density at radius 3 is 2.50 bits per heavy atom. The van der Waals surface area contributed by atoms with Crippen LogP contribution in [-0.2, 0) is 9.47 Å².